The van der Waals surface area contributed by atoms with Gasteiger partial charge in [0.15, 0.2) is 0 Å². The maximum absolute atomic E-state index is 13.1. The van der Waals surface area contributed by atoms with Gasteiger partial charge in [0, 0.05) is 12.1 Å². The highest BCUT2D eigenvalue weighted by Gasteiger charge is 2.39. The van der Waals surface area contributed by atoms with Gasteiger partial charge in [-0.2, -0.15) is 26.3 Å². The minimum absolute atomic E-state index is 0.00758. The second kappa shape index (κ2) is 7.70. The zero-order valence-corrected chi connectivity index (χ0v) is 15.1. The van der Waals surface area contributed by atoms with Gasteiger partial charge in [-0.25, -0.2) is 0 Å². The molecule has 0 bridgehead atoms. The van der Waals surface area contributed by atoms with Crippen LogP contribution in [0.4, 0.5) is 26.3 Å². The van der Waals surface area contributed by atoms with E-state index in [4.69, 9.17) is 0 Å². The van der Waals surface area contributed by atoms with E-state index >= 15 is 0 Å². The lowest BCUT2D eigenvalue weighted by atomic mass is 9.89. The van der Waals surface area contributed by atoms with Gasteiger partial charge in [-0.05, 0) is 43.1 Å². The first-order valence-corrected chi connectivity index (χ1v) is 8.85. The van der Waals surface area contributed by atoms with Crippen LogP contribution in [0.1, 0.15) is 33.5 Å². The first-order chi connectivity index (χ1) is 13.5. The molecule has 2 N–H and O–H groups in total. The van der Waals surface area contributed by atoms with Gasteiger partial charge >= 0.3 is 12.4 Å². The molecule has 1 aliphatic heterocycles. The summed E-state index contributed by atoms with van der Waals surface area (Å²) in [4.78, 5) is 12.7. The SMILES string of the molecule is O=C(N[C@]1(Cc2ccccc2)CCNC1)c1cc(C(F)(F)F)cc(C(F)(F)F)c1. The van der Waals surface area contributed by atoms with Gasteiger partial charge < -0.3 is 10.6 Å². The molecule has 1 amide bonds. The van der Waals surface area contributed by atoms with Crippen LogP contribution < -0.4 is 10.6 Å². The van der Waals surface area contributed by atoms with Crippen LogP contribution in [0, 0.1) is 0 Å². The molecule has 1 fully saturated rings. The third-order valence-electron chi connectivity index (χ3n) is 4.86. The van der Waals surface area contributed by atoms with Crippen LogP contribution in [0.15, 0.2) is 48.5 Å². The summed E-state index contributed by atoms with van der Waals surface area (Å²) in [5.74, 6) is -0.971. The Hall–Kier alpha value is -2.55. The summed E-state index contributed by atoms with van der Waals surface area (Å²) in [6.45, 7) is 0.933. The Morgan fingerprint density at radius 3 is 2.03 bits per heavy atom. The van der Waals surface area contributed by atoms with Crippen molar-refractivity contribution in [1.29, 1.82) is 0 Å². The van der Waals surface area contributed by atoms with Crippen molar-refractivity contribution in [3.8, 4) is 0 Å². The van der Waals surface area contributed by atoms with Crippen molar-refractivity contribution in [2.24, 2.45) is 0 Å². The molecule has 0 unspecified atom stereocenters. The fourth-order valence-electron chi connectivity index (χ4n) is 3.43. The molecule has 1 heterocycles. The monoisotopic (exact) mass is 416 g/mol. The maximum atomic E-state index is 13.1. The molecule has 3 nitrogen and oxygen atoms in total. The molecule has 0 spiro atoms. The molecule has 0 saturated carbocycles. The molecule has 1 saturated heterocycles. The number of benzene rings is 2. The lowest BCUT2D eigenvalue weighted by molar-refractivity contribution is -0.143. The largest absolute Gasteiger partial charge is 0.416 e. The summed E-state index contributed by atoms with van der Waals surface area (Å²) in [6.07, 6.45) is -9.11. The highest BCUT2D eigenvalue weighted by molar-refractivity contribution is 5.95. The third-order valence-corrected chi connectivity index (χ3v) is 4.86. The zero-order valence-electron chi connectivity index (χ0n) is 15.1. The van der Waals surface area contributed by atoms with Crippen molar-refractivity contribution < 1.29 is 31.1 Å². The number of carbonyl (C=O) groups is 1. The molecular weight excluding hydrogens is 398 g/mol. The van der Waals surface area contributed by atoms with Gasteiger partial charge in [-0.1, -0.05) is 30.3 Å². The Labute approximate surface area is 163 Å². The Balaban J connectivity index is 1.92. The fraction of sp³-hybridized carbons (Fsp3) is 0.350. The molecule has 1 atom stereocenters. The minimum atomic E-state index is -5.01. The minimum Gasteiger partial charge on any atom is -0.345 e. The normalized spacial score (nSPS) is 19.9. The van der Waals surface area contributed by atoms with Gasteiger partial charge in [-0.3, -0.25) is 4.79 Å². The lowest BCUT2D eigenvalue weighted by Gasteiger charge is -2.30. The van der Waals surface area contributed by atoms with Crippen LogP contribution in [0.3, 0.4) is 0 Å². The van der Waals surface area contributed by atoms with Crippen LogP contribution in [-0.2, 0) is 18.8 Å². The standard InChI is InChI=1S/C20H18F6N2O/c21-19(22,23)15-8-14(9-16(10-15)20(24,25)26)17(29)28-18(6-7-27-12-18)11-13-4-2-1-3-5-13/h1-5,8-10,27H,6-7,11-12H2,(H,28,29)/t18-/m0/s1. The molecular formula is C20H18F6N2O. The summed E-state index contributed by atoms with van der Waals surface area (Å²) in [7, 11) is 0. The number of alkyl halides is 6. The van der Waals surface area contributed by atoms with E-state index in [1.54, 1.807) is 0 Å². The number of halogens is 6. The van der Waals surface area contributed by atoms with E-state index in [2.05, 4.69) is 10.6 Å². The Morgan fingerprint density at radius 2 is 1.55 bits per heavy atom. The second-order valence-electron chi connectivity index (χ2n) is 7.12. The highest BCUT2D eigenvalue weighted by atomic mass is 19.4. The fourth-order valence-corrected chi connectivity index (χ4v) is 3.43. The number of rotatable bonds is 4. The first-order valence-electron chi connectivity index (χ1n) is 8.85. The van der Waals surface area contributed by atoms with E-state index in [1.165, 1.54) is 0 Å². The maximum Gasteiger partial charge on any atom is 0.416 e. The first kappa shape index (κ1) is 21.2. The van der Waals surface area contributed by atoms with Crippen molar-refractivity contribution in [3.63, 3.8) is 0 Å². The summed E-state index contributed by atoms with van der Waals surface area (Å²) in [5.41, 5.74) is -3.60. The molecule has 2 aromatic carbocycles. The topological polar surface area (TPSA) is 41.1 Å². The lowest BCUT2D eigenvalue weighted by Crippen LogP contribution is -2.51. The molecule has 0 aliphatic carbocycles. The zero-order chi connectivity index (χ0) is 21.3. The number of hydrogen-bond donors (Lipinski definition) is 2. The predicted molar refractivity (Wildman–Crippen MR) is 94.3 cm³/mol. The molecule has 3 rings (SSSR count). The van der Waals surface area contributed by atoms with Gasteiger partial charge in [0.05, 0.1) is 16.7 Å². The van der Waals surface area contributed by atoms with Crippen LogP contribution in [0.5, 0.6) is 0 Å². The molecule has 156 valence electrons. The van der Waals surface area contributed by atoms with Crippen molar-refractivity contribution in [2.45, 2.75) is 30.7 Å². The van der Waals surface area contributed by atoms with Crippen LogP contribution in [0.2, 0.25) is 0 Å². The highest BCUT2D eigenvalue weighted by Crippen LogP contribution is 2.36. The van der Waals surface area contributed by atoms with Crippen molar-refractivity contribution in [1.82, 2.24) is 10.6 Å². The Morgan fingerprint density at radius 1 is 0.966 bits per heavy atom. The molecule has 0 radical (unpaired) electrons. The van der Waals surface area contributed by atoms with E-state index in [0.717, 1.165) is 5.56 Å². The second-order valence-corrected chi connectivity index (χ2v) is 7.12. The smallest absolute Gasteiger partial charge is 0.345 e. The van der Waals surface area contributed by atoms with Gasteiger partial charge in [0.1, 0.15) is 0 Å². The molecule has 29 heavy (non-hydrogen) atoms. The van der Waals surface area contributed by atoms with Crippen LogP contribution in [-0.4, -0.2) is 24.5 Å². The molecule has 2 aromatic rings. The number of hydrogen-bond acceptors (Lipinski definition) is 2. The van der Waals surface area contributed by atoms with Crippen LogP contribution >= 0.6 is 0 Å². The van der Waals surface area contributed by atoms with Crippen molar-refractivity contribution in [2.75, 3.05) is 13.1 Å². The van der Waals surface area contributed by atoms with E-state index in [9.17, 15) is 31.1 Å². The molecule has 1 aliphatic rings. The predicted octanol–water partition coefficient (Wildman–Crippen LogP) is 4.43. The summed E-state index contributed by atoms with van der Waals surface area (Å²) in [5, 5.41) is 5.77. The van der Waals surface area contributed by atoms with E-state index in [0.29, 0.717) is 38.1 Å². The average molecular weight is 416 g/mol. The Bertz CT molecular complexity index is 839. The number of nitrogens with one attached hydrogen (secondary N) is 2. The summed E-state index contributed by atoms with van der Waals surface area (Å²) < 4.78 is 78.3. The number of amides is 1. The van der Waals surface area contributed by atoms with Crippen LogP contribution in [0.25, 0.3) is 0 Å². The van der Waals surface area contributed by atoms with E-state index < -0.39 is 40.5 Å². The summed E-state index contributed by atoms with van der Waals surface area (Å²) >= 11 is 0. The van der Waals surface area contributed by atoms with Gasteiger partial charge in [0.25, 0.3) is 5.91 Å². The third kappa shape index (κ3) is 5.09. The van der Waals surface area contributed by atoms with E-state index in [1.807, 2.05) is 30.3 Å². The van der Waals surface area contributed by atoms with Gasteiger partial charge in [0.2, 0.25) is 0 Å². The molecule has 9 heteroatoms. The summed E-state index contributed by atoms with van der Waals surface area (Å²) in [6, 6.07) is 10.0. The average Bonchev–Trinajstić information content (AvgIpc) is 3.08. The van der Waals surface area contributed by atoms with Crippen molar-refractivity contribution in [3.05, 3.63) is 70.8 Å². The Kier molecular flexibility index (Phi) is 5.62. The van der Waals surface area contributed by atoms with Crippen molar-refractivity contribution >= 4 is 5.91 Å². The molecule has 0 aromatic heterocycles. The quantitative estimate of drug-likeness (QED) is 0.725. The van der Waals surface area contributed by atoms with Gasteiger partial charge in [-0.15, -0.1) is 0 Å². The number of carbonyl (C=O) groups excluding carboxylic acids is 1. The van der Waals surface area contributed by atoms with E-state index in [-0.39, 0.29) is 6.07 Å².